The second-order valence-electron chi connectivity index (χ2n) is 8.91. The van der Waals surface area contributed by atoms with Gasteiger partial charge in [0.05, 0.1) is 12.7 Å². The van der Waals surface area contributed by atoms with Crippen molar-refractivity contribution < 1.29 is 23.4 Å². The molecule has 0 bridgehead atoms. The Morgan fingerprint density at radius 2 is 2.03 bits per heavy atom. The van der Waals surface area contributed by atoms with Crippen LogP contribution in [0.3, 0.4) is 0 Å². The zero-order valence-corrected chi connectivity index (χ0v) is 19.0. The Labute approximate surface area is 192 Å². The number of nitrogens with zero attached hydrogens (tertiary/aromatic N) is 1. The Morgan fingerprint density at radius 3 is 2.70 bits per heavy atom. The lowest BCUT2D eigenvalue weighted by atomic mass is 9.76. The van der Waals surface area contributed by atoms with Crippen LogP contribution >= 0.6 is 0 Å². The molecule has 2 atom stereocenters. The fourth-order valence-electron chi connectivity index (χ4n) is 5.14. The molecule has 2 unspecified atom stereocenters. The van der Waals surface area contributed by atoms with Gasteiger partial charge in [-0.15, -0.1) is 0 Å². The van der Waals surface area contributed by atoms with Gasteiger partial charge in [-0.25, -0.2) is 13.6 Å². The van der Waals surface area contributed by atoms with Crippen LogP contribution in [0.2, 0.25) is 0 Å². The first-order valence-electron chi connectivity index (χ1n) is 11.3. The summed E-state index contributed by atoms with van der Waals surface area (Å²) in [5, 5.41) is 10.4. The summed E-state index contributed by atoms with van der Waals surface area (Å²) >= 11 is 0. The number of H-pyrrole nitrogens is 1. The highest BCUT2D eigenvalue weighted by molar-refractivity contribution is 5.88. The van der Waals surface area contributed by atoms with E-state index < -0.39 is 12.4 Å². The molecule has 2 aromatic carbocycles. The normalized spacial score (nSPS) is 19.3. The second kappa shape index (κ2) is 9.91. The van der Waals surface area contributed by atoms with Gasteiger partial charge in [-0.1, -0.05) is 12.1 Å². The molecule has 1 fully saturated rings. The molecule has 4 rings (SSSR count). The number of rotatable bonds is 8. The predicted molar refractivity (Wildman–Crippen MR) is 125 cm³/mol. The van der Waals surface area contributed by atoms with Crippen LogP contribution in [0.25, 0.3) is 10.9 Å². The van der Waals surface area contributed by atoms with Crippen molar-refractivity contribution in [2.75, 3.05) is 26.7 Å². The van der Waals surface area contributed by atoms with Crippen molar-refractivity contribution in [3.05, 3.63) is 64.8 Å². The van der Waals surface area contributed by atoms with Crippen LogP contribution in [-0.4, -0.2) is 54.1 Å². The third-order valence-electron chi connectivity index (χ3n) is 6.89. The zero-order valence-electron chi connectivity index (χ0n) is 19.0. The third kappa shape index (κ3) is 5.03. The molecule has 0 saturated carbocycles. The number of likely N-dealkylation sites (tertiary alicyclic amines) is 1. The van der Waals surface area contributed by atoms with Gasteiger partial charge in [0.15, 0.2) is 0 Å². The first kappa shape index (κ1) is 23.2. The van der Waals surface area contributed by atoms with Crippen molar-refractivity contribution >= 4 is 16.9 Å². The monoisotopic (exact) mass is 456 g/mol. The van der Waals surface area contributed by atoms with E-state index >= 15 is 0 Å². The molecule has 1 aliphatic rings. The topological polar surface area (TPSA) is 65.6 Å². The molecule has 33 heavy (non-hydrogen) atoms. The number of aromatic nitrogens is 1. The smallest absolute Gasteiger partial charge is 0.335 e. The second-order valence-corrected chi connectivity index (χ2v) is 8.91. The lowest BCUT2D eigenvalue weighted by Crippen LogP contribution is -2.40. The number of aromatic amines is 1. The van der Waals surface area contributed by atoms with E-state index in [2.05, 4.69) is 28.9 Å². The van der Waals surface area contributed by atoms with Gasteiger partial charge in [-0.3, -0.25) is 0 Å². The first-order chi connectivity index (χ1) is 15.9. The maximum absolute atomic E-state index is 12.8. The number of halogens is 2. The first-order valence-corrected chi connectivity index (χ1v) is 11.3. The molecular formula is C26H30F2N2O3. The Hall–Kier alpha value is -2.93. The van der Waals surface area contributed by atoms with Crippen molar-refractivity contribution in [3.8, 4) is 5.75 Å². The average molecular weight is 457 g/mol. The van der Waals surface area contributed by atoms with Crippen molar-refractivity contribution in [3.63, 3.8) is 0 Å². The lowest BCUT2D eigenvalue weighted by Gasteiger charge is -2.39. The molecule has 1 aliphatic heterocycles. The van der Waals surface area contributed by atoms with Gasteiger partial charge in [-0.05, 0) is 73.5 Å². The third-order valence-corrected chi connectivity index (χ3v) is 6.89. The van der Waals surface area contributed by atoms with Gasteiger partial charge in [0.1, 0.15) is 5.75 Å². The summed E-state index contributed by atoms with van der Waals surface area (Å²) in [6, 6.07) is 11.1. The largest absolute Gasteiger partial charge is 0.496 e. The van der Waals surface area contributed by atoms with E-state index in [1.807, 2.05) is 18.3 Å². The average Bonchev–Trinajstić information content (AvgIpc) is 3.30. The summed E-state index contributed by atoms with van der Waals surface area (Å²) in [6.45, 7) is 3.86. The summed E-state index contributed by atoms with van der Waals surface area (Å²) in [4.78, 5) is 16.7. The molecule has 0 aliphatic carbocycles. The number of alkyl halides is 2. The van der Waals surface area contributed by atoms with Crippen molar-refractivity contribution in [1.29, 1.82) is 0 Å². The quantitative estimate of drug-likeness (QED) is 0.471. The summed E-state index contributed by atoms with van der Waals surface area (Å²) in [7, 11) is 1.69. The molecule has 3 aromatic rings. The predicted octanol–water partition coefficient (Wildman–Crippen LogP) is 5.49. The molecule has 7 heteroatoms. The number of carboxylic acid groups (broad SMARTS) is 1. The van der Waals surface area contributed by atoms with E-state index in [9.17, 15) is 18.7 Å². The summed E-state index contributed by atoms with van der Waals surface area (Å²) in [6.07, 6.45) is 1.17. The van der Waals surface area contributed by atoms with E-state index in [0.29, 0.717) is 13.1 Å². The molecule has 1 aromatic heterocycles. The SMILES string of the molecule is COc1cc(C)c2[nH]ccc2c1CC1CCN(CCC(F)F)CC1c1ccc(C(=O)O)cc1. The number of carboxylic acids is 1. The Kier molecular flexibility index (Phi) is 6.98. The molecule has 0 amide bonds. The molecule has 5 nitrogen and oxygen atoms in total. The van der Waals surface area contributed by atoms with Gasteiger partial charge in [0.25, 0.3) is 0 Å². The van der Waals surface area contributed by atoms with Crippen molar-refractivity contribution in [2.45, 2.75) is 38.5 Å². The minimum Gasteiger partial charge on any atom is -0.496 e. The van der Waals surface area contributed by atoms with E-state index in [-0.39, 0.29) is 23.8 Å². The number of aryl methyl sites for hydroxylation is 1. The highest BCUT2D eigenvalue weighted by Gasteiger charge is 2.32. The van der Waals surface area contributed by atoms with E-state index in [1.165, 1.54) is 0 Å². The van der Waals surface area contributed by atoms with Gasteiger partial charge < -0.3 is 19.7 Å². The van der Waals surface area contributed by atoms with Crippen LogP contribution in [0.5, 0.6) is 5.75 Å². The number of methoxy groups -OCH3 is 1. The van der Waals surface area contributed by atoms with Crippen LogP contribution in [0.1, 0.15) is 45.8 Å². The van der Waals surface area contributed by atoms with Gasteiger partial charge in [-0.2, -0.15) is 0 Å². The number of aromatic carboxylic acids is 1. The van der Waals surface area contributed by atoms with Crippen LogP contribution in [-0.2, 0) is 6.42 Å². The number of nitrogens with one attached hydrogen (secondary N) is 1. The van der Waals surface area contributed by atoms with Gasteiger partial charge >= 0.3 is 5.97 Å². The molecular weight excluding hydrogens is 426 g/mol. The van der Waals surface area contributed by atoms with E-state index in [1.54, 1.807) is 19.2 Å². The Balaban J connectivity index is 1.66. The summed E-state index contributed by atoms with van der Waals surface area (Å²) < 4.78 is 31.4. The van der Waals surface area contributed by atoms with E-state index in [0.717, 1.165) is 52.7 Å². The molecule has 0 radical (unpaired) electrons. The number of ether oxygens (including phenoxy) is 1. The van der Waals surface area contributed by atoms with Crippen LogP contribution in [0.15, 0.2) is 42.6 Å². The number of carbonyl (C=O) groups is 1. The fraction of sp³-hybridized carbons (Fsp3) is 0.423. The Bertz CT molecular complexity index is 1110. The fourth-order valence-corrected chi connectivity index (χ4v) is 5.14. The maximum atomic E-state index is 12.8. The van der Waals surface area contributed by atoms with Gasteiger partial charge in [0, 0.05) is 42.2 Å². The van der Waals surface area contributed by atoms with Crippen molar-refractivity contribution in [2.24, 2.45) is 5.92 Å². The van der Waals surface area contributed by atoms with Gasteiger partial charge in [0.2, 0.25) is 6.43 Å². The van der Waals surface area contributed by atoms with Crippen molar-refractivity contribution in [1.82, 2.24) is 9.88 Å². The summed E-state index contributed by atoms with van der Waals surface area (Å²) in [5.74, 6) is 0.289. The number of hydrogen-bond donors (Lipinski definition) is 2. The molecule has 2 N–H and O–H groups in total. The Morgan fingerprint density at radius 1 is 1.27 bits per heavy atom. The molecule has 0 spiro atoms. The number of benzene rings is 2. The highest BCUT2D eigenvalue weighted by atomic mass is 19.3. The zero-order chi connectivity index (χ0) is 23.5. The minimum atomic E-state index is -2.31. The maximum Gasteiger partial charge on any atom is 0.335 e. The highest BCUT2D eigenvalue weighted by Crippen LogP contribution is 2.39. The standard InChI is InChI=1S/C26H30F2N2O3/c1-16-13-23(33-2)21(20-7-10-29-25(16)20)14-19-8-11-30(12-9-24(27)28)15-22(19)17-3-5-18(6-4-17)26(31)32/h3-7,10,13,19,22,24,29H,8-9,11-12,14-15H2,1-2H3,(H,31,32). The van der Waals surface area contributed by atoms with Crippen LogP contribution < -0.4 is 4.74 Å². The summed E-state index contributed by atoms with van der Waals surface area (Å²) in [5.41, 5.74) is 4.66. The van der Waals surface area contributed by atoms with Crippen LogP contribution in [0, 0.1) is 12.8 Å². The van der Waals surface area contributed by atoms with E-state index in [4.69, 9.17) is 4.74 Å². The van der Waals surface area contributed by atoms with Crippen LogP contribution in [0.4, 0.5) is 8.78 Å². The molecule has 1 saturated heterocycles. The molecule has 176 valence electrons. The number of hydrogen-bond acceptors (Lipinski definition) is 3. The minimum absolute atomic E-state index is 0.110. The number of piperidine rings is 1. The molecule has 2 heterocycles. The number of fused-ring (bicyclic) bond motifs is 1. The lowest BCUT2D eigenvalue weighted by molar-refractivity contribution is 0.0696.